The van der Waals surface area contributed by atoms with Gasteiger partial charge in [-0.2, -0.15) is 0 Å². The summed E-state index contributed by atoms with van der Waals surface area (Å²) in [5, 5.41) is 3.11. The molecule has 1 aromatic heterocycles. The fourth-order valence-electron chi connectivity index (χ4n) is 1.36. The maximum Gasteiger partial charge on any atom is 0.183 e. The van der Waals surface area contributed by atoms with Crippen molar-refractivity contribution in [3.8, 4) is 0 Å². The summed E-state index contributed by atoms with van der Waals surface area (Å²) in [6.45, 7) is 2.27. The van der Waals surface area contributed by atoms with E-state index in [1.54, 1.807) is 19.2 Å². The maximum absolute atomic E-state index is 13.4. The Hall–Kier alpha value is -0.780. The van der Waals surface area contributed by atoms with Crippen LogP contribution in [-0.2, 0) is 6.54 Å². The van der Waals surface area contributed by atoms with E-state index in [2.05, 4.69) is 22.9 Å². The fraction of sp³-hybridized carbons (Fsp3) is 0.182. The first-order valence-corrected chi connectivity index (χ1v) is 6.53. The number of rotatable bonds is 3. The minimum Gasteiger partial charge on any atom is -0.379 e. The van der Waals surface area contributed by atoms with Crippen molar-refractivity contribution in [2.45, 2.75) is 18.4 Å². The zero-order chi connectivity index (χ0) is 12.4. The van der Waals surface area contributed by atoms with Gasteiger partial charge in [0.1, 0.15) is 5.82 Å². The predicted molar refractivity (Wildman–Crippen MR) is 72.8 cm³/mol. The molecule has 0 spiro atoms. The third-order valence-electron chi connectivity index (χ3n) is 2.26. The molecular formula is C11H10ClFN2S2. The normalized spacial score (nSPS) is 10.6. The molecule has 0 amide bonds. The summed E-state index contributed by atoms with van der Waals surface area (Å²) in [6, 6.07) is 3.14. The van der Waals surface area contributed by atoms with Gasteiger partial charge in [-0.3, -0.25) is 0 Å². The molecule has 6 heteroatoms. The molecule has 0 bridgehead atoms. The Balaban J connectivity index is 2.11. The van der Waals surface area contributed by atoms with Gasteiger partial charge in [0.15, 0.2) is 4.47 Å². The second-order valence-corrected chi connectivity index (χ2v) is 5.73. The summed E-state index contributed by atoms with van der Waals surface area (Å²) in [6.07, 6.45) is 1.70. The van der Waals surface area contributed by atoms with Crippen LogP contribution in [0.5, 0.6) is 0 Å². The lowest BCUT2D eigenvalue weighted by Gasteiger charge is -2.09. The Labute approximate surface area is 113 Å². The van der Waals surface area contributed by atoms with Gasteiger partial charge in [-0.25, -0.2) is 9.37 Å². The SMILES string of the molecule is Cc1cc(S)c(NCc2cnc(Cl)s2)cc1F. The summed E-state index contributed by atoms with van der Waals surface area (Å²) in [7, 11) is 0. The molecule has 1 N–H and O–H groups in total. The Bertz CT molecular complexity index is 542. The highest BCUT2D eigenvalue weighted by atomic mass is 35.5. The van der Waals surface area contributed by atoms with Crippen LogP contribution in [0.1, 0.15) is 10.4 Å². The Morgan fingerprint density at radius 2 is 2.29 bits per heavy atom. The van der Waals surface area contributed by atoms with Gasteiger partial charge in [0.05, 0.1) is 12.2 Å². The van der Waals surface area contributed by atoms with Gasteiger partial charge < -0.3 is 5.32 Å². The molecule has 1 heterocycles. The van der Waals surface area contributed by atoms with Crippen molar-refractivity contribution in [2.75, 3.05) is 5.32 Å². The Morgan fingerprint density at radius 1 is 1.53 bits per heavy atom. The summed E-state index contributed by atoms with van der Waals surface area (Å²) >= 11 is 11.4. The number of hydrogen-bond acceptors (Lipinski definition) is 4. The van der Waals surface area contributed by atoms with Gasteiger partial charge in [0.2, 0.25) is 0 Å². The Kier molecular flexibility index (Phi) is 3.91. The number of aromatic nitrogens is 1. The molecule has 0 aliphatic rings. The van der Waals surface area contributed by atoms with E-state index in [0.717, 1.165) is 9.77 Å². The topological polar surface area (TPSA) is 24.9 Å². The first kappa shape index (κ1) is 12.7. The van der Waals surface area contributed by atoms with Crippen molar-refractivity contribution in [1.29, 1.82) is 0 Å². The van der Waals surface area contributed by atoms with Gasteiger partial charge in [0.25, 0.3) is 0 Å². The van der Waals surface area contributed by atoms with Crippen LogP contribution in [0.15, 0.2) is 23.2 Å². The number of benzene rings is 1. The predicted octanol–water partition coefficient (Wildman–Crippen LogP) is 4.14. The van der Waals surface area contributed by atoms with Crippen LogP contribution < -0.4 is 5.32 Å². The molecule has 2 nitrogen and oxygen atoms in total. The van der Waals surface area contributed by atoms with E-state index in [1.165, 1.54) is 17.4 Å². The highest BCUT2D eigenvalue weighted by Gasteiger charge is 2.05. The molecule has 0 radical (unpaired) electrons. The van der Waals surface area contributed by atoms with Crippen LogP contribution in [0, 0.1) is 12.7 Å². The lowest BCUT2D eigenvalue weighted by atomic mass is 10.2. The molecule has 17 heavy (non-hydrogen) atoms. The summed E-state index contributed by atoms with van der Waals surface area (Å²) in [5.74, 6) is -0.243. The first-order chi connectivity index (χ1) is 8.06. The number of thiol groups is 1. The van der Waals surface area contributed by atoms with Crippen molar-refractivity contribution in [2.24, 2.45) is 0 Å². The van der Waals surface area contributed by atoms with Gasteiger partial charge in [-0.05, 0) is 24.6 Å². The van der Waals surface area contributed by atoms with Crippen molar-refractivity contribution in [3.63, 3.8) is 0 Å². The molecule has 1 aromatic carbocycles. The molecule has 0 aliphatic carbocycles. The molecule has 0 atom stereocenters. The van der Waals surface area contributed by atoms with Crippen molar-refractivity contribution >= 4 is 41.3 Å². The fourth-order valence-corrected chi connectivity index (χ4v) is 2.61. The molecule has 0 saturated heterocycles. The second kappa shape index (κ2) is 5.25. The van der Waals surface area contributed by atoms with Crippen LogP contribution in [0.3, 0.4) is 0 Å². The van der Waals surface area contributed by atoms with E-state index in [-0.39, 0.29) is 5.82 Å². The average Bonchev–Trinajstić information content (AvgIpc) is 2.68. The molecule has 0 fully saturated rings. The van der Waals surface area contributed by atoms with Crippen LogP contribution in [0.4, 0.5) is 10.1 Å². The van der Waals surface area contributed by atoms with Crippen molar-refractivity contribution in [3.05, 3.63) is 39.1 Å². The zero-order valence-electron chi connectivity index (χ0n) is 9.00. The molecule has 0 aliphatic heterocycles. The largest absolute Gasteiger partial charge is 0.379 e. The quantitative estimate of drug-likeness (QED) is 0.830. The highest BCUT2D eigenvalue weighted by molar-refractivity contribution is 7.80. The number of aryl methyl sites for hydroxylation is 1. The molecular weight excluding hydrogens is 279 g/mol. The number of halogens is 2. The van der Waals surface area contributed by atoms with E-state index in [1.807, 2.05) is 0 Å². The van der Waals surface area contributed by atoms with Gasteiger partial charge in [-0.1, -0.05) is 11.6 Å². The lowest BCUT2D eigenvalue weighted by molar-refractivity contribution is 0.617. The van der Waals surface area contributed by atoms with Gasteiger partial charge in [0, 0.05) is 16.0 Å². The minimum atomic E-state index is -0.243. The van der Waals surface area contributed by atoms with E-state index >= 15 is 0 Å². The number of nitrogens with one attached hydrogen (secondary N) is 1. The lowest BCUT2D eigenvalue weighted by Crippen LogP contribution is -1.99. The molecule has 0 saturated carbocycles. The van der Waals surface area contributed by atoms with Gasteiger partial charge in [-0.15, -0.1) is 24.0 Å². The molecule has 0 unspecified atom stereocenters. The van der Waals surface area contributed by atoms with Crippen LogP contribution in [0.25, 0.3) is 0 Å². The van der Waals surface area contributed by atoms with Crippen molar-refractivity contribution < 1.29 is 4.39 Å². The van der Waals surface area contributed by atoms with E-state index in [0.29, 0.717) is 22.3 Å². The third kappa shape index (κ3) is 3.12. The van der Waals surface area contributed by atoms with E-state index in [4.69, 9.17) is 11.6 Å². The van der Waals surface area contributed by atoms with Crippen LogP contribution in [0.2, 0.25) is 4.47 Å². The molecule has 2 aromatic rings. The second-order valence-electron chi connectivity index (χ2n) is 3.55. The number of thiazole rings is 1. The van der Waals surface area contributed by atoms with Crippen LogP contribution >= 0.6 is 35.6 Å². The van der Waals surface area contributed by atoms with E-state index < -0.39 is 0 Å². The average molecular weight is 289 g/mol. The third-order valence-corrected chi connectivity index (χ3v) is 3.74. The molecule has 2 rings (SSSR count). The van der Waals surface area contributed by atoms with Gasteiger partial charge >= 0.3 is 0 Å². The molecule has 90 valence electrons. The highest BCUT2D eigenvalue weighted by Crippen LogP contribution is 2.25. The first-order valence-electron chi connectivity index (χ1n) is 4.89. The standard InChI is InChI=1S/C11H10ClFN2S2/c1-6-2-10(16)9(3-8(6)13)14-4-7-5-15-11(12)17-7/h2-3,5,14,16H,4H2,1H3. The number of anilines is 1. The van der Waals surface area contributed by atoms with Crippen LogP contribution in [-0.4, -0.2) is 4.98 Å². The summed E-state index contributed by atoms with van der Waals surface area (Å²) < 4.78 is 13.9. The summed E-state index contributed by atoms with van der Waals surface area (Å²) in [5.41, 5.74) is 1.25. The maximum atomic E-state index is 13.4. The van der Waals surface area contributed by atoms with E-state index in [9.17, 15) is 4.39 Å². The number of hydrogen-bond donors (Lipinski definition) is 2. The monoisotopic (exact) mass is 288 g/mol. The van der Waals surface area contributed by atoms with Crippen molar-refractivity contribution in [1.82, 2.24) is 4.98 Å². The smallest absolute Gasteiger partial charge is 0.183 e. The zero-order valence-corrected chi connectivity index (χ0v) is 11.5. The Morgan fingerprint density at radius 3 is 2.94 bits per heavy atom. The number of nitrogens with zero attached hydrogens (tertiary/aromatic N) is 1. The summed E-state index contributed by atoms with van der Waals surface area (Å²) in [4.78, 5) is 5.65. The minimum absolute atomic E-state index is 0.243.